The summed E-state index contributed by atoms with van der Waals surface area (Å²) in [6, 6.07) is 0. The van der Waals surface area contributed by atoms with Crippen molar-refractivity contribution in [1.82, 2.24) is 0 Å². The Bertz CT molecular complexity index is 98.4. The Morgan fingerprint density at radius 3 is 1.70 bits per heavy atom. The van der Waals surface area contributed by atoms with Gasteiger partial charge in [-0.25, -0.2) is 0 Å². The van der Waals surface area contributed by atoms with Crippen LogP contribution in [-0.4, -0.2) is 22.1 Å². The maximum Gasteiger partial charge on any atom is 0.0927 e. The van der Waals surface area contributed by atoms with E-state index in [1.165, 1.54) is 0 Å². The van der Waals surface area contributed by atoms with Crippen molar-refractivity contribution in [1.29, 1.82) is 0 Å². The Balaban J connectivity index is 0. The quantitative estimate of drug-likeness (QED) is 0.638. The lowest BCUT2D eigenvalue weighted by atomic mass is 9.87. The third-order valence-electron chi connectivity index (χ3n) is 1.65. The van der Waals surface area contributed by atoms with Crippen molar-refractivity contribution in [3.05, 3.63) is 0 Å². The number of nitrogens with two attached hydrogens (primary N) is 1. The minimum atomic E-state index is -0.978. The lowest BCUT2D eigenvalue weighted by Gasteiger charge is -2.34. The summed E-state index contributed by atoms with van der Waals surface area (Å²) in [5.74, 6) is 0.163. The zero-order valence-corrected chi connectivity index (χ0v) is 8.09. The standard InChI is InChI=1S/C6H14ClNO.ClH/c1-5(2,8)6(3,9)4-7;/h9H,4,8H2,1-3H3;1H. The zero-order chi connectivity index (χ0) is 7.71. The SMILES string of the molecule is CC(C)(N)C(C)(O)CCl.Cl. The predicted molar refractivity (Wildman–Crippen MR) is 46.9 cm³/mol. The molecule has 0 aromatic rings. The highest BCUT2D eigenvalue weighted by Gasteiger charge is 2.34. The Labute approximate surface area is 73.2 Å². The molecular weight excluding hydrogens is 173 g/mol. The maximum absolute atomic E-state index is 9.40. The van der Waals surface area contributed by atoms with Gasteiger partial charge in [-0.3, -0.25) is 0 Å². The van der Waals surface area contributed by atoms with Crippen LogP contribution in [0.4, 0.5) is 0 Å². The van der Waals surface area contributed by atoms with Crippen LogP contribution in [0.15, 0.2) is 0 Å². The molecule has 64 valence electrons. The molecule has 0 saturated heterocycles. The number of halogens is 2. The van der Waals surface area contributed by atoms with E-state index in [9.17, 15) is 5.11 Å². The Morgan fingerprint density at radius 1 is 1.40 bits per heavy atom. The molecule has 0 saturated carbocycles. The van der Waals surface area contributed by atoms with Gasteiger partial charge in [0.2, 0.25) is 0 Å². The number of aliphatic hydroxyl groups is 1. The van der Waals surface area contributed by atoms with Crippen molar-refractivity contribution >= 4 is 24.0 Å². The summed E-state index contributed by atoms with van der Waals surface area (Å²) in [6.45, 7) is 5.12. The van der Waals surface area contributed by atoms with E-state index in [2.05, 4.69) is 0 Å². The smallest absolute Gasteiger partial charge is 0.0927 e. The number of rotatable bonds is 2. The second kappa shape index (κ2) is 3.77. The van der Waals surface area contributed by atoms with E-state index < -0.39 is 11.1 Å². The van der Waals surface area contributed by atoms with Crippen LogP contribution >= 0.6 is 24.0 Å². The molecule has 3 N–H and O–H groups in total. The summed E-state index contributed by atoms with van der Waals surface area (Å²) in [4.78, 5) is 0. The van der Waals surface area contributed by atoms with Crippen molar-refractivity contribution in [2.24, 2.45) is 5.73 Å². The molecule has 0 fully saturated rings. The van der Waals surface area contributed by atoms with Gasteiger partial charge in [0.15, 0.2) is 0 Å². The second-order valence-electron chi connectivity index (χ2n) is 3.13. The first kappa shape index (κ1) is 13.1. The van der Waals surface area contributed by atoms with E-state index in [1.807, 2.05) is 0 Å². The van der Waals surface area contributed by atoms with E-state index in [0.29, 0.717) is 0 Å². The Kier molecular flexibility index (Phi) is 4.94. The fourth-order valence-electron chi connectivity index (χ4n) is 0.172. The van der Waals surface area contributed by atoms with Gasteiger partial charge >= 0.3 is 0 Å². The van der Waals surface area contributed by atoms with Gasteiger partial charge in [0, 0.05) is 5.54 Å². The van der Waals surface area contributed by atoms with E-state index in [1.54, 1.807) is 20.8 Å². The van der Waals surface area contributed by atoms with Crippen LogP contribution in [0.2, 0.25) is 0 Å². The lowest BCUT2D eigenvalue weighted by molar-refractivity contribution is 0.0179. The number of alkyl halides is 1. The molecule has 0 heterocycles. The van der Waals surface area contributed by atoms with Gasteiger partial charge < -0.3 is 10.8 Å². The fourth-order valence-corrected chi connectivity index (χ4v) is 0.517. The summed E-state index contributed by atoms with van der Waals surface area (Å²) in [6.07, 6.45) is 0. The zero-order valence-electron chi connectivity index (χ0n) is 6.52. The molecule has 0 rings (SSSR count). The van der Waals surface area contributed by atoms with Gasteiger partial charge in [-0.1, -0.05) is 0 Å². The van der Waals surface area contributed by atoms with Crippen molar-refractivity contribution in [2.45, 2.75) is 31.9 Å². The first-order chi connectivity index (χ1) is 3.81. The monoisotopic (exact) mass is 187 g/mol. The van der Waals surface area contributed by atoms with Crippen molar-refractivity contribution in [2.75, 3.05) is 5.88 Å². The van der Waals surface area contributed by atoms with Crippen LogP contribution < -0.4 is 5.73 Å². The molecule has 0 radical (unpaired) electrons. The van der Waals surface area contributed by atoms with Crippen molar-refractivity contribution in [3.63, 3.8) is 0 Å². The topological polar surface area (TPSA) is 46.2 Å². The highest BCUT2D eigenvalue weighted by Crippen LogP contribution is 2.19. The second-order valence-corrected chi connectivity index (χ2v) is 3.40. The lowest BCUT2D eigenvalue weighted by Crippen LogP contribution is -2.55. The van der Waals surface area contributed by atoms with Gasteiger partial charge in [0.05, 0.1) is 11.5 Å². The minimum Gasteiger partial charge on any atom is -0.387 e. The van der Waals surface area contributed by atoms with Crippen molar-refractivity contribution in [3.8, 4) is 0 Å². The molecule has 1 unspecified atom stereocenters. The third kappa shape index (κ3) is 3.06. The van der Waals surface area contributed by atoms with Gasteiger partial charge in [-0.05, 0) is 20.8 Å². The van der Waals surface area contributed by atoms with Gasteiger partial charge in [-0.15, -0.1) is 24.0 Å². The molecule has 0 spiro atoms. The molecule has 4 heteroatoms. The Hall–Kier alpha value is 0.500. The average molecular weight is 188 g/mol. The molecule has 0 aliphatic heterocycles. The number of hydrogen-bond donors (Lipinski definition) is 2. The normalized spacial score (nSPS) is 17.4. The molecule has 0 bridgehead atoms. The first-order valence-corrected chi connectivity index (χ1v) is 3.42. The van der Waals surface area contributed by atoms with Crippen LogP contribution in [-0.2, 0) is 0 Å². The summed E-state index contributed by atoms with van der Waals surface area (Å²) < 4.78 is 0. The summed E-state index contributed by atoms with van der Waals surface area (Å²) in [5, 5.41) is 9.40. The number of hydrogen-bond acceptors (Lipinski definition) is 2. The van der Waals surface area contributed by atoms with E-state index in [0.717, 1.165) is 0 Å². The summed E-state index contributed by atoms with van der Waals surface area (Å²) >= 11 is 5.45. The third-order valence-corrected chi connectivity index (χ3v) is 2.17. The van der Waals surface area contributed by atoms with E-state index in [-0.39, 0.29) is 18.3 Å². The first-order valence-electron chi connectivity index (χ1n) is 2.88. The van der Waals surface area contributed by atoms with Crippen LogP contribution in [0, 0.1) is 0 Å². The highest BCUT2D eigenvalue weighted by molar-refractivity contribution is 6.18. The molecule has 0 aromatic heterocycles. The largest absolute Gasteiger partial charge is 0.387 e. The van der Waals surface area contributed by atoms with Crippen LogP contribution in [0.5, 0.6) is 0 Å². The molecule has 10 heavy (non-hydrogen) atoms. The van der Waals surface area contributed by atoms with Crippen LogP contribution in [0.25, 0.3) is 0 Å². The molecule has 1 atom stereocenters. The van der Waals surface area contributed by atoms with Gasteiger partial charge in [0.25, 0.3) is 0 Å². The van der Waals surface area contributed by atoms with Gasteiger partial charge in [0.1, 0.15) is 0 Å². The average Bonchev–Trinajstić information content (AvgIpc) is 1.64. The Morgan fingerprint density at radius 2 is 1.70 bits per heavy atom. The fraction of sp³-hybridized carbons (Fsp3) is 1.00. The van der Waals surface area contributed by atoms with Crippen LogP contribution in [0.3, 0.4) is 0 Å². The van der Waals surface area contributed by atoms with E-state index in [4.69, 9.17) is 17.3 Å². The molecule has 0 amide bonds. The molecular formula is C6H15Cl2NO. The predicted octanol–water partition coefficient (Wildman–Crippen LogP) is 1.14. The minimum absolute atomic E-state index is 0. The molecule has 0 aliphatic carbocycles. The highest BCUT2D eigenvalue weighted by atomic mass is 35.5. The van der Waals surface area contributed by atoms with Gasteiger partial charge in [-0.2, -0.15) is 0 Å². The summed E-state index contributed by atoms with van der Waals surface area (Å²) in [7, 11) is 0. The molecule has 2 nitrogen and oxygen atoms in total. The summed E-state index contributed by atoms with van der Waals surface area (Å²) in [5.41, 5.74) is 3.98. The molecule has 0 aliphatic rings. The van der Waals surface area contributed by atoms with E-state index >= 15 is 0 Å². The van der Waals surface area contributed by atoms with Crippen molar-refractivity contribution < 1.29 is 5.11 Å². The molecule has 0 aromatic carbocycles. The van der Waals surface area contributed by atoms with Crippen LogP contribution in [0.1, 0.15) is 20.8 Å². The maximum atomic E-state index is 9.40.